The zero-order valence-corrected chi connectivity index (χ0v) is 12.1. The average Bonchev–Trinajstić information content (AvgIpc) is 2.06. The van der Waals surface area contributed by atoms with E-state index in [0.717, 1.165) is 32.1 Å². The summed E-state index contributed by atoms with van der Waals surface area (Å²) >= 11 is 0. The summed E-state index contributed by atoms with van der Waals surface area (Å²) in [5, 5.41) is 6.44. The molecule has 4 aliphatic rings. The molecule has 106 valence electrons. The largest absolute Gasteiger partial charge is 0.351 e. The van der Waals surface area contributed by atoms with E-state index in [9.17, 15) is 9.59 Å². The number of amides is 2. The Kier molecular flexibility index (Phi) is 2.55. The van der Waals surface area contributed by atoms with E-state index in [1.165, 1.54) is 6.42 Å². The van der Waals surface area contributed by atoms with E-state index in [-0.39, 0.29) is 28.3 Å². The highest BCUT2D eigenvalue weighted by atomic mass is 16.2. The van der Waals surface area contributed by atoms with Crippen LogP contribution in [0.25, 0.3) is 0 Å². The van der Waals surface area contributed by atoms with Crippen molar-refractivity contribution in [3.05, 3.63) is 0 Å². The lowest BCUT2D eigenvalue weighted by Crippen LogP contribution is -2.71. The first-order chi connectivity index (χ1) is 8.74. The van der Waals surface area contributed by atoms with Crippen LogP contribution >= 0.6 is 0 Å². The fourth-order valence-electron chi connectivity index (χ4n) is 5.95. The molecule has 0 aliphatic heterocycles. The number of nitrogens with one attached hydrogen (secondary N) is 2. The number of hydrogen-bond donors (Lipinski definition) is 2. The highest BCUT2D eigenvalue weighted by Gasteiger charge is 2.62. The highest BCUT2D eigenvalue weighted by molar-refractivity contribution is 5.75. The number of hydrogen-bond acceptors (Lipinski definition) is 2. The van der Waals surface area contributed by atoms with Gasteiger partial charge in [0.2, 0.25) is 11.8 Å². The van der Waals surface area contributed by atoms with Crippen molar-refractivity contribution in [3.63, 3.8) is 0 Å². The predicted molar refractivity (Wildman–Crippen MR) is 72.4 cm³/mol. The van der Waals surface area contributed by atoms with E-state index >= 15 is 0 Å². The van der Waals surface area contributed by atoms with Crippen molar-refractivity contribution in [1.82, 2.24) is 10.6 Å². The summed E-state index contributed by atoms with van der Waals surface area (Å²) in [4.78, 5) is 23.1. The molecule has 4 nitrogen and oxygen atoms in total. The van der Waals surface area contributed by atoms with Gasteiger partial charge in [-0.2, -0.15) is 0 Å². The zero-order valence-electron chi connectivity index (χ0n) is 12.1. The Morgan fingerprint density at radius 2 is 1.37 bits per heavy atom. The minimum absolute atomic E-state index is 0.0588. The second-order valence-corrected chi connectivity index (χ2v) is 7.74. The van der Waals surface area contributed by atoms with Crippen LogP contribution in [0.2, 0.25) is 0 Å². The summed E-state index contributed by atoms with van der Waals surface area (Å²) in [6.45, 7) is 5.53. The lowest BCUT2D eigenvalue weighted by molar-refractivity contribution is -0.137. The van der Waals surface area contributed by atoms with E-state index in [1.54, 1.807) is 13.8 Å². The number of carbonyl (C=O) groups is 2. The van der Waals surface area contributed by atoms with Gasteiger partial charge < -0.3 is 10.6 Å². The van der Waals surface area contributed by atoms with Gasteiger partial charge in [-0.15, -0.1) is 0 Å². The SMILES string of the molecule is CC(=O)NC12CC3CC(C)(C1)CC(NC(C)=O)(C3)C2. The maximum absolute atomic E-state index is 11.6. The second kappa shape index (κ2) is 3.74. The van der Waals surface area contributed by atoms with E-state index < -0.39 is 0 Å². The minimum Gasteiger partial charge on any atom is -0.351 e. The monoisotopic (exact) mass is 264 g/mol. The summed E-state index contributed by atoms with van der Waals surface area (Å²) in [6.07, 6.45) is 6.46. The molecule has 2 N–H and O–H groups in total. The Hall–Kier alpha value is -1.06. The molecule has 0 saturated heterocycles. The summed E-state index contributed by atoms with van der Waals surface area (Å²) in [5.74, 6) is 0.756. The molecule has 0 aromatic rings. The van der Waals surface area contributed by atoms with Gasteiger partial charge in [0, 0.05) is 24.9 Å². The van der Waals surface area contributed by atoms with Crippen molar-refractivity contribution in [3.8, 4) is 0 Å². The van der Waals surface area contributed by atoms with Gasteiger partial charge in [-0.1, -0.05) is 6.92 Å². The molecule has 0 radical (unpaired) electrons. The highest BCUT2D eigenvalue weighted by Crippen LogP contribution is 2.62. The third-order valence-electron chi connectivity index (χ3n) is 5.23. The molecule has 0 aromatic carbocycles. The van der Waals surface area contributed by atoms with Gasteiger partial charge in [0.05, 0.1) is 0 Å². The third-order valence-corrected chi connectivity index (χ3v) is 5.23. The van der Waals surface area contributed by atoms with Crippen molar-refractivity contribution in [2.24, 2.45) is 11.3 Å². The average molecular weight is 264 g/mol. The van der Waals surface area contributed by atoms with Crippen LogP contribution in [0.5, 0.6) is 0 Å². The van der Waals surface area contributed by atoms with Crippen LogP contribution in [0, 0.1) is 11.3 Å². The fraction of sp³-hybridized carbons (Fsp3) is 0.867. The quantitative estimate of drug-likeness (QED) is 0.798. The molecule has 4 heteroatoms. The Morgan fingerprint density at radius 3 is 1.74 bits per heavy atom. The summed E-state index contributed by atoms with van der Waals surface area (Å²) in [5.41, 5.74) is 0.106. The van der Waals surface area contributed by atoms with Gasteiger partial charge in [-0.25, -0.2) is 0 Å². The van der Waals surface area contributed by atoms with Crippen molar-refractivity contribution >= 4 is 11.8 Å². The maximum atomic E-state index is 11.6. The smallest absolute Gasteiger partial charge is 0.217 e. The van der Waals surface area contributed by atoms with Gasteiger partial charge >= 0.3 is 0 Å². The van der Waals surface area contributed by atoms with E-state index in [0.29, 0.717) is 5.92 Å². The predicted octanol–water partition coefficient (Wildman–Crippen LogP) is 1.74. The lowest BCUT2D eigenvalue weighted by atomic mass is 9.44. The molecule has 2 amide bonds. The van der Waals surface area contributed by atoms with Crippen LogP contribution in [-0.4, -0.2) is 22.9 Å². The molecule has 2 unspecified atom stereocenters. The standard InChI is InChI=1S/C15H24N2O2/c1-10(18)16-14-5-12-4-13(3,7-14)8-15(6-12,9-14)17-11(2)19/h12H,4-9H2,1-3H3,(H,16,18)(H,17,19). The first kappa shape index (κ1) is 12.9. The van der Waals surface area contributed by atoms with Crippen molar-refractivity contribution < 1.29 is 9.59 Å². The Morgan fingerprint density at radius 1 is 0.895 bits per heavy atom. The molecule has 0 aromatic heterocycles. The summed E-state index contributed by atoms with van der Waals surface area (Å²) in [6, 6.07) is 0. The van der Waals surface area contributed by atoms with E-state index in [1.807, 2.05) is 0 Å². The second-order valence-electron chi connectivity index (χ2n) is 7.74. The van der Waals surface area contributed by atoms with E-state index in [2.05, 4.69) is 17.6 Å². The molecule has 2 atom stereocenters. The van der Waals surface area contributed by atoms with Gasteiger partial charge in [0.1, 0.15) is 0 Å². The normalized spacial score (nSPS) is 47.0. The molecule has 19 heavy (non-hydrogen) atoms. The first-order valence-corrected chi connectivity index (χ1v) is 7.31. The molecule has 0 spiro atoms. The minimum atomic E-state index is -0.0809. The molecular weight excluding hydrogens is 240 g/mol. The fourth-order valence-corrected chi connectivity index (χ4v) is 5.95. The van der Waals surface area contributed by atoms with Crippen LogP contribution < -0.4 is 10.6 Å². The maximum Gasteiger partial charge on any atom is 0.217 e. The molecule has 4 bridgehead atoms. The van der Waals surface area contributed by atoms with Crippen LogP contribution in [-0.2, 0) is 9.59 Å². The summed E-state index contributed by atoms with van der Waals surface area (Å²) in [7, 11) is 0. The Balaban J connectivity index is 1.94. The first-order valence-electron chi connectivity index (χ1n) is 7.31. The number of carbonyl (C=O) groups excluding carboxylic acids is 2. The van der Waals surface area contributed by atoms with Crippen molar-refractivity contribution in [2.75, 3.05) is 0 Å². The molecular formula is C15H24N2O2. The topological polar surface area (TPSA) is 58.2 Å². The molecule has 4 aliphatic carbocycles. The van der Waals surface area contributed by atoms with Crippen LogP contribution in [0.3, 0.4) is 0 Å². The number of rotatable bonds is 2. The molecule has 4 saturated carbocycles. The van der Waals surface area contributed by atoms with Crippen LogP contribution in [0.1, 0.15) is 59.3 Å². The lowest BCUT2D eigenvalue weighted by Gasteiger charge is -2.66. The van der Waals surface area contributed by atoms with Gasteiger partial charge in [0.15, 0.2) is 0 Å². The zero-order chi connectivity index (χ0) is 13.9. The van der Waals surface area contributed by atoms with Crippen LogP contribution in [0.4, 0.5) is 0 Å². The molecule has 4 rings (SSSR count). The third kappa shape index (κ3) is 2.15. The molecule has 0 heterocycles. The van der Waals surface area contributed by atoms with Gasteiger partial charge in [-0.3, -0.25) is 9.59 Å². The summed E-state index contributed by atoms with van der Waals surface area (Å²) < 4.78 is 0. The molecule has 4 fully saturated rings. The van der Waals surface area contributed by atoms with Crippen molar-refractivity contribution in [2.45, 2.75) is 70.4 Å². The van der Waals surface area contributed by atoms with Crippen LogP contribution in [0.15, 0.2) is 0 Å². The van der Waals surface area contributed by atoms with Crippen molar-refractivity contribution in [1.29, 1.82) is 0 Å². The van der Waals surface area contributed by atoms with Gasteiger partial charge in [0.25, 0.3) is 0 Å². The Bertz CT molecular complexity index is 413. The Labute approximate surface area is 114 Å². The van der Waals surface area contributed by atoms with E-state index in [4.69, 9.17) is 0 Å². The van der Waals surface area contributed by atoms with Gasteiger partial charge in [-0.05, 0) is 49.9 Å².